The third-order valence-corrected chi connectivity index (χ3v) is 2.54. The number of alkyl halides is 3. The second kappa shape index (κ2) is 5.20. The molecule has 1 heterocycles. The van der Waals surface area contributed by atoms with Crippen LogP contribution in [0, 0.1) is 0 Å². The van der Waals surface area contributed by atoms with Crippen molar-refractivity contribution < 1.29 is 18.7 Å². The molecule has 88 valence electrons. The molecule has 16 heavy (non-hydrogen) atoms. The monoisotopic (exact) mass is 295 g/mol. The lowest BCUT2D eigenvalue weighted by Gasteiger charge is -2.07. The van der Waals surface area contributed by atoms with E-state index in [0.717, 1.165) is 6.07 Å². The highest BCUT2D eigenvalue weighted by Crippen LogP contribution is 2.22. The number of carbonyl (C=O) groups is 1. The number of hydrogen-bond acceptors (Lipinski definition) is 2. The van der Waals surface area contributed by atoms with E-state index in [1.807, 2.05) is 0 Å². The van der Waals surface area contributed by atoms with E-state index in [1.165, 1.54) is 0 Å². The standard InChI is InChI=1S/C9H8BrF2NO3/c10-3-4-1-5(8(11)12)6(2-7(14)15)9(16)13-4/h1,8H,2-3H2,(H,13,16)(H,14,15). The predicted octanol–water partition coefficient (Wildman–Crippen LogP) is 1.83. The van der Waals surface area contributed by atoms with Crippen LogP contribution in [-0.2, 0) is 16.5 Å². The van der Waals surface area contributed by atoms with Gasteiger partial charge in [0.25, 0.3) is 12.0 Å². The van der Waals surface area contributed by atoms with E-state index in [-0.39, 0.29) is 11.0 Å². The number of halogens is 3. The zero-order chi connectivity index (χ0) is 12.3. The van der Waals surface area contributed by atoms with Crippen LogP contribution >= 0.6 is 15.9 Å². The van der Waals surface area contributed by atoms with Crippen molar-refractivity contribution in [2.24, 2.45) is 0 Å². The summed E-state index contributed by atoms with van der Waals surface area (Å²) in [5.41, 5.74) is -1.42. The van der Waals surface area contributed by atoms with Gasteiger partial charge in [-0.15, -0.1) is 0 Å². The molecule has 0 aliphatic carbocycles. The summed E-state index contributed by atoms with van der Waals surface area (Å²) < 4.78 is 25.2. The molecule has 0 aliphatic rings. The maximum absolute atomic E-state index is 12.6. The van der Waals surface area contributed by atoms with Crippen LogP contribution in [0.5, 0.6) is 0 Å². The van der Waals surface area contributed by atoms with Gasteiger partial charge in [-0.25, -0.2) is 8.78 Å². The van der Waals surface area contributed by atoms with Crippen LogP contribution in [0.25, 0.3) is 0 Å². The Bertz CT molecular complexity index is 459. The van der Waals surface area contributed by atoms with Crippen LogP contribution in [0.4, 0.5) is 8.78 Å². The predicted molar refractivity (Wildman–Crippen MR) is 56.0 cm³/mol. The number of hydrogen-bond donors (Lipinski definition) is 2. The number of nitrogens with one attached hydrogen (secondary N) is 1. The van der Waals surface area contributed by atoms with Gasteiger partial charge in [0.15, 0.2) is 0 Å². The topological polar surface area (TPSA) is 70.2 Å². The molecule has 0 atom stereocenters. The fourth-order valence-corrected chi connectivity index (χ4v) is 1.57. The lowest BCUT2D eigenvalue weighted by atomic mass is 10.1. The van der Waals surface area contributed by atoms with Crippen molar-refractivity contribution >= 4 is 21.9 Å². The molecule has 0 amide bonds. The summed E-state index contributed by atoms with van der Waals surface area (Å²) in [6.07, 6.45) is -3.58. The van der Waals surface area contributed by atoms with E-state index < -0.39 is 35.5 Å². The first kappa shape index (κ1) is 12.8. The van der Waals surface area contributed by atoms with Crippen molar-refractivity contribution in [1.82, 2.24) is 4.98 Å². The van der Waals surface area contributed by atoms with Crippen LogP contribution in [0.2, 0.25) is 0 Å². The lowest BCUT2D eigenvalue weighted by molar-refractivity contribution is -0.136. The Balaban J connectivity index is 3.34. The van der Waals surface area contributed by atoms with Crippen molar-refractivity contribution in [3.63, 3.8) is 0 Å². The quantitative estimate of drug-likeness (QED) is 0.833. The van der Waals surface area contributed by atoms with Crippen molar-refractivity contribution in [3.05, 3.63) is 33.2 Å². The van der Waals surface area contributed by atoms with E-state index in [2.05, 4.69) is 20.9 Å². The first-order chi connectivity index (χ1) is 7.45. The van der Waals surface area contributed by atoms with Crippen molar-refractivity contribution in [1.29, 1.82) is 0 Å². The number of H-pyrrole nitrogens is 1. The SMILES string of the molecule is O=C(O)Cc1c(C(F)F)cc(CBr)[nH]c1=O. The normalized spacial score (nSPS) is 10.8. The molecule has 1 rings (SSSR count). The van der Waals surface area contributed by atoms with E-state index in [4.69, 9.17) is 5.11 Å². The highest BCUT2D eigenvalue weighted by molar-refractivity contribution is 9.08. The molecular weight excluding hydrogens is 288 g/mol. The molecule has 0 radical (unpaired) electrons. The van der Waals surface area contributed by atoms with Gasteiger partial charge in [-0.2, -0.15) is 0 Å². The number of aliphatic carboxylic acids is 1. The molecule has 0 aliphatic heterocycles. The Labute approximate surface area is 97.4 Å². The van der Waals surface area contributed by atoms with Crippen molar-refractivity contribution in [2.45, 2.75) is 18.2 Å². The third kappa shape index (κ3) is 2.88. The number of carboxylic acid groups (broad SMARTS) is 1. The Morgan fingerprint density at radius 1 is 1.56 bits per heavy atom. The molecule has 2 N–H and O–H groups in total. The van der Waals surface area contributed by atoms with Crippen LogP contribution in [0.3, 0.4) is 0 Å². The average Bonchev–Trinajstić information content (AvgIpc) is 2.19. The maximum Gasteiger partial charge on any atom is 0.308 e. The minimum absolute atomic E-state index is 0.218. The molecule has 4 nitrogen and oxygen atoms in total. The fraction of sp³-hybridized carbons (Fsp3) is 0.333. The minimum Gasteiger partial charge on any atom is -0.481 e. The van der Waals surface area contributed by atoms with Crippen molar-refractivity contribution in [2.75, 3.05) is 0 Å². The molecule has 1 aromatic heterocycles. The Morgan fingerprint density at radius 2 is 2.19 bits per heavy atom. The molecular formula is C9H8BrF2NO3. The summed E-state index contributed by atoms with van der Waals surface area (Å²) in [5, 5.41) is 8.73. The Hall–Kier alpha value is -1.24. The Kier molecular flexibility index (Phi) is 4.17. The maximum atomic E-state index is 12.6. The van der Waals surface area contributed by atoms with E-state index >= 15 is 0 Å². The van der Waals surface area contributed by atoms with E-state index in [0.29, 0.717) is 0 Å². The first-order valence-corrected chi connectivity index (χ1v) is 5.38. The van der Waals surface area contributed by atoms with Gasteiger partial charge in [0.2, 0.25) is 0 Å². The highest BCUT2D eigenvalue weighted by Gasteiger charge is 2.19. The summed E-state index contributed by atoms with van der Waals surface area (Å²) in [6, 6.07) is 1.10. The molecule has 7 heteroatoms. The highest BCUT2D eigenvalue weighted by atomic mass is 79.9. The minimum atomic E-state index is -2.87. The molecule has 0 saturated heterocycles. The van der Waals surface area contributed by atoms with E-state index in [1.54, 1.807) is 0 Å². The lowest BCUT2D eigenvalue weighted by Crippen LogP contribution is -2.20. The summed E-state index contributed by atoms with van der Waals surface area (Å²) in [5.74, 6) is -1.32. The van der Waals surface area contributed by atoms with Crippen LogP contribution in [0.15, 0.2) is 10.9 Å². The molecule has 0 bridgehead atoms. The summed E-state index contributed by atoms with van der Waals surface area (Å²) in [7, 11) is 0. The second-order valence-corrected chi connectivity index (χ2v) is 3.62. The molecule has 0 unspecified atom stereocenters. The van der Waals surface area contributed by atoms with Crippen LogP contribution in [0.1, 0.15) is 23.2 Å². The van der Waals surface area contributed by atoms with Crippen LogP contribution in [-0.4, -0.2) is 16.1 Å². The molecule has 0 spiro atoms. The number of pyridine rings is 1. The molecule has 0 fully saturated rings. The number of aromatic nitrogens is 1. The van der Waals surface area contributed by atoms with Crippen molar-refractivity contribution in [3.8, 4) is 0 Å². The molecule has 1 aromatic rings. The van der Waals surface area contributed by atoms with Gasteiger partial charge < -0.3 is 10.1 Å². The van der Waals surface area contributed by atoms with Gasteiger partial charge in [-0.3, -0.25) is 9.59 Å². The van der Waals surface area contributed by atoms with Gasteiger partial charge in [-0.1, -0.05) is 15.9 Å². The summed E-state index contributed by atoms with van der Waals surface area (Å²) in [6.45, 7) is 0. The van der Waals surface area contributed by atoms with E-state index in [9.17, 15) is 18.4 Å². The number of rotatable bonds is 4. The zero-order valence-electron chi connectivity index (χ0n) is 7.97. The van der Waals surface area contributed by atoms with Gasteiger partial charge in [-0.05, 0) is 6.07 Å². The smallest absolute Gasteiger partial charge is 0.308 e. The summed E-state index contributed by atoms with van der Waals surface area (Å²) in [4.78, 5) is 24.2. The second-order valence-electron chi connectivity index (χ2n) is 3.06. The summed E-state index contributed by atoms with van der Waals surface area (Å²) >= 11 is 3.02. The average molecular weight is 296 g/mol. The van der Waals surface area contributed by atoms with Gasteiger partial charge in [0, 0.05) is 22.2 Å². The molecule has 0 aromatic carbocycles. The van der Waals surface area contributed by atoms with Crippen LogP contribution < -0.4 is 5.56 Å². The molecule has 0 saturated carbocycles. The first-order valence-electron chi connectivity index (χ1n) is 4.26. The van der Waals surface area contributed by atoms with Gasteiger partial charge in [0.05, 0.1) is 6.42 Å². The fourth-order valence-electron chi connectivity index (χ4n) is 1.26. The third-order valence-electron chi connectivity index (χ3n) is 1.93. The van der Waals surface area contributed by atoms with Gasteiger partial charge >= 0.3 is 5.97 Å². The zero-order valence-corrected chi connectivity index (χ0v) is 9.55. The number of aromatic amines is 1. The van der Waals surface area contributed by atoms with Gasteiger partial charge in [0.1, 0.15) is 0 Å². The largest absolute Gasteiger partial charge is 0.481 e. The Morgan fingerprint density at radius 3 is 2.62 bits per heavy atom. The number of carboxylic acids is 1.